The molecule has 2 aromatic rings. The second-order valence-electron chi connectivity index (χ2n) is 6.57. The van der Waals surface area contributed by atoms with Crippen LogP contribution in [0.1, 0.15) is 5.56 Å². The average Bonchev–Trinajstić information content (AvgIpc) is 2.75. The van der Waals surface area contributed by atoms with Crippen LogP contribution in [-0.2, 0) is 4.79 Å². The molecular weight excluding hydrogens is 555 g/mol. The molecule has 1 fully saturated rings. The molecule has 1 aliphatic rings. The predicted octanol–water partition coefficient (Wildman–Crippen LogP) is 5.28. The number of piperazine rings is 1. The van der Waals surface area contributed by atoms with Crippen LogP contribution in [0.2, 0.25) is 0 Å². The number of nitrogens with zero attached hydrogens (tertiary/aromatic N) is 2. The summed E-state index contributed by atoms with van der Waals surface area (Å²) in [7, 11) is 1.49. The first-order valence-corrected chi connectivity index (χ1v) is 10.5. The fourth-order valence-corrected chi connectivity index (χ4v) is 4.63. The molecule has 31 heavy (non-hydrogen) atoms. The van der Waals surface area contributed by atoms with Crippen LogP contribution >= 0.6 is 31.9 Å². The molecule has 0 spiro atoms. The Bertz CT molecular complexity index is 1030. The van der Waals surface area contributed by atoms with Crippen LogP contribution in [0.25, 0.3) is 6.08 Å². The summed E-state index contributed by atoms with van der Waals surface area (Å²) in [5.74, 6) is -9.80. The van der Waals surface area contributed by atoms with Crippen molar-refractivity contribution in [2.45, 2.75) is 0 Å². The minimum Gasteiger partial charge on any atom is -0.495 e. The summed E-state index contributed by atoms with van der Waals surface area (Å²) in [5.41, 5.74) is -0.347. The van der Waals surface area contributed by atoms with Crippen LogP contribution in [-0.4, -0.2) is 44.1 Å². The van der Waals surface area contributed by atoms with Gasteiger partial charge < -0.3 is 14.5 Å². The van der Waals surface area contributed by atoms with Gasteiger partial charge in [-0.05, 0) is 34.1 Å². The van der Waals surface area contributed by atoms with E-state index < -0.39 is 34.8 Å². The van der Waals surface area contributed by atoms with E-state index in [-0.39, 0.29) is 32.1 Å². The van der Waals surface area contributed by atoms with Crippen molar-refractivity contribution in [1.29, 1.82) is 0 Å². The number of ether oxygens (including phenoxy) is 1. The first kappa shape index (κ1) is 23.5. The quantitative estimate of drug-likeness (QED) is 0.217. The van der Waals surface area contributed by atoms with Gasteiger partial charge in [-0.1, -0.05) is 15.9 Å². The van der Waals surface area contributed by atoms with E-state index in [1.807, 2.05) is 0 Å². The van der Waals surface area contributed by atoms with Crippen LogP contribution in [0.3, 0.4) is 0 Å². The van der Waals surface area contributed by atoms with E-state index in [0.717, 1.165) is 9.37 Å². The van der Waals surface area contributed by atoms with E-state index in [0.29, 0.717) is 15.8 Å². The van der Waals surface area contributed by atoms with Crippen molar-refractivity contribution in [1.82, 2.24) is 4.90 Å². The molecule has 1 amide bonds. The van der Waals surface area contributed by atoms with Crippen LogP contribution in [0.5, 0.6) is 5.75 Å². The number of amides is 1. The molecule has 0 aromatic heterocycles. The second-order valence-corrected chi connectivity index (χ2v) is 8.34. The number of carbonyl (C=O) groups is 1. The van der Waals surface area contributed by atoms with Crippen molar-refractivity contribution >= 4 is 49.5 Å². The highest BCUT2D eigenvalue weighted by molar-refractivity contribution is 9.11. The number of anilines is 1. The van der Waals surface area contributed by atoms with Gasteiger partial charge in [0, 0.05) is 42.3 Å². The summed E-state index contributed by atoms with van der Waals surface area (Å²) >= 11 is 6.73. The lowest BCUT2D eigenvalue weighted by Gasteiger charge is -2.36. The number of rotatable bonds is 4. The SMILES string of the molecule is COc1c(Br)cc(Br)cc1/C=C/C(=O)N1CCN(c2c(F)c(F)c(F)c(F)c2F)CC1. The summed E-state index contributed by atoms with van der Waals surface area (Å²) in [6.45, 7) is -0.0999. The molecule has 0 saturated carbocycles. The van der Waals surface area contributed by atoms with E-state index >= 15 is 0 Å². The molecule has 0 aliphatic carbocycles. The van der Waals surface area contributed by atoms with Crippen molar-refractivity contribution in [3.8, 4) is 5.75 Å². The van der Waals surface area contributed by atoms with Gasteiger partial charge in [0.2, 0.25) is 11.7 Å². The third kappa shape index (κ3) is 4.72. The molecule has 0 radical (unpaired) electrons. The van der Waals surface area contributed by atoms with Crippen LogP contribution in [0.15, 0.2) is 27.2 Å². The van der Waals surface area contributed by atoms with Gasteiger partial charge in [0.1, 0.15) is 11.4 Å². The van der Waals surface area contributed by atoms with E-state index in [2.05, 4.69) is 31.9 Å². The fourth-order valence-electron chi connectivity index (χ4n) is 3.21. The molecule has 1 saturated heterocycles. The van der Waals surface area contributed by atoms with Crippen molar-refractivity contribution in [2.24, 2.45) is 0 Å². The minimum absolute atomic E-state index is 0.0436. The number of halogens is 7. The van der Waals surface area contributed by atoms with Gasteiger partial charge in [-0.15, -0.1) is 0 Å². The number of carbonyl (C=O) groups excluding carboxylic acids is 1. The van der Waals surface area contributed by atoms with Crippen LogP contribution in [0, 0.1) is 29.1 Å². The van der Waals surface area contributed by atoms with Crippen molar-refractivity contribution in [3.63, 3.8) is 0 Å². The number of hydrogen-bond donors (Lipinski definition) is 0. The molecule has 0 atom stereocenters. The maximum absolute atomic E-state index is 14.0. The Labute approximate surface area is 191 Å². The van der Waals surface area contributed by atoms with Gasteiger partial charge in [0.15, 0.2) is 23.3 Å². The third-order valence-corrected chi connectivity index (χ3v) is 5.79. The third-order valence-electron chi connectivity index (χ3n) is 4.74. The highest BCUT2D eigenvalue weighted by atomic mass is 79.9. The van der Waals surface area contributed by atoms with Crippen molar-refractivity contribution < 1.29 is 31.5 Å². The zero-order chi connectivity index (χ0) is 22.9. The van der Waals surface area contributed by atoms with Gasteiger partial charge in [0.25, 0.3) is 0 Å². The fraction of sp³-hybridized carbons (Fsp3) is 0.250. The van der Waals surface area contributed by atoms with Crippen LogP contribution < -0.4 is 9.64 Å². The summed E-state index contributed by atoms with van der Waals surface area (Å²) in [6, 6.07) is 3.55. The van der Waals surface area contributed by atoms with Gasteiger partial charge in [-0.2, -0.15) is 0 Å². The Morgan fingerprint density at radius 1 is 0.935 bits per heavy atom. The van der Waals surface area contributed by atoms with Gasteiger partial charge in [-0.25, -0.2) is 22.0 Å². The minimum atomic E-state index is -2.20. The number of methoxy groups -OCH3 is 1. The molecule has 3 rings (SSSR count). The Kier molecular flexibility index (Phi) is 7.25. The number of benzene rings is 2. The molecule has 1 aliphatic heterocycles. The van der Waals surface area contributed by atoms with Crippen molar-refractivity contribution in [3.05, 3.63) is 61.8 Å². The van der Waals surface area contributed by atoms with E-state index in [4.69, 9.17) is 4.74 Å². The molecule has 0 bridgehead atoms. The Morgan fingerprint density at radius 3 is 2.03 bits per heavy atom. The normalized spacial score (nSPS) is 14.5. The first-order valence-electron chi connectivity index (χ1n) is 8.92. The molecule has 4 nitrogen and oxygen atoms in total. The standard InChI is InChI=1S/C20H15Br2F5N2O2/c1-31-20-10(8-11(21)9-12(20)22)2-3-13(30)28-4-6-29(7-5-28)19-17(26)15(24)14(23)16(25)18(19)27/h2-3,8-9H,4-7H2,1H3/b3-2+. The zero-order valence-corrected chi connectivity index (χ0v) is 19.2. The Morgan fingerprint density at radius 2 is 1.48 bits per heavy atom. The Balaban J connectivity index is 1.73. The highest BCUT2D eigenvalue weighted by Gasteiger charge is 2.31. The topological polar surface area (TPSA) is 32.8 Å². The van der Waals surface area contributed by atoms with Crippen LogP contribution in [0.4, 0.5) is 27.6 Å². The number of hydrogen-bond acceptors (Lipinski definition) is 3. The average molecular weight is 570 g/mol. The molecule has 2 aromatic carbocycles. The summed E-state index contributed by atoms with van der Waals surface area (Å²) in [6.07, 6.45) is 2.89. The molecular formula is C20H15Br2F5N2O2. The maximum Gasteiger partial charge on any atom is 0.246 e. The molecule has 11 heteroatoms. The maximum atomic E-state index is 14.0. The molecule has 1 heterocycles. The predicted molar refractivity (Wildman–Crippen MR) is 112 cm³/mol. The summed E-state index contributed by atoms with van der Waals surface area (Å²) in [5, 5.41) is 0. The highest BCUT2D eigenvalue weighted by Crippen LogP contribution is 2.34. The van der Waals surface area contributed by atoms with Gasteiger partial charge in [0.05, 0.1) is 11.6 Å². The van der Waals surface area contributed by atoms with E-state index in [9.17, 15) is 26.7 Å². The molecule has 166 valence electrons. The lowest BCUT2D eigenvalue weighted by Crippen LogP contribution is -2.49. The Hall–Kier alpha value is -2.14. The van der Waals surface area contributed by atoms with E-state index in [1.165, 1.54) is 18.1 Å². The second kappa shape index (κ2) is 9.56. The first-order chi connectivity index (χ1) is 14.6. The lowest BCUT2D eigenvalue weighted by atomic mass is 10.1. The van der Waals surface area contributed by atoms with Gasteiger partial charge in [-0.3, -0.25) is 4.79 Å². The molecule has 0 N–H and O–H groups in total. The smallest absolute Gasteiger partial charge is 0.246 e. The summed E-state index contributed by atoms with van der Waals surface area (Å²) < 4.78 is 75.0. The van der Waals surface area contributed by atoms with E-state index in [1.54, 1.807) is 18.2 Å². The lowest BCUT2D eigenvalue weighted by molar-refractivity contribution is -0.126. The molecule has 0 unspecified atom stereocenters. The monoisotopic (exact) mass is 568 g/mol. The largest absolute Gasteiger partial charge is 0.495 e. The zero-order valence-electron chi connectivity index (χ0n) is 16.0. The van der Waals surface area contributed by atoms with Crippen molar-refractivity contribution in [2.75, 3.05) is 38.2 Å². The summed E-state index contributed by atoms with van der Waals surface area (Å²) in [4.78, 5) is 15.0. The van der Waals surface area contributed by atoms with Gasteiger partial charge >= 0.3 is 0 Å².